The van der Waals surface area contributed by atoms with E-state index in [4.69, 9.17) is 16.2 Å². The molecule has 0 unspecified atom stereocenters. The van der Waals surface area contributed by atoms with Gasteiger partial charge in [-0.3, -0.25) is 19.4 Å². The molecular weight excluding hydrogens is 534 g/mol. The monoisotopic (exact) mass is 579 g/mol. The van der Waals surface area contributed by atoms with Gasteiger partial charge in [0.1, 0.15) is 24.4 Å². The van der Waals surface area contributed by atoms with Crippen LogP contribution in [0.3, 0.4) is 0 Å². The molecule has 11 nitrogen and oxygen atoms in total. The number of carbonyl (C=O) groups excluding carboxylic acids is 3. The summed E-state index contributed by atoms with van der Waals surface area (Å²) >= 11 is 0. The number of nitrogens with two attached hydrogens (primary N) is 2. The summed E-state index contributed by atoms with van der Waals surface area (Å²) in [4.78, 5) is 44.2. The second kappa shape index (κ2) is 15.8. The maximum atomic E-state index is 13.6. The van der Waals surface area contributed by atoms with Crippen molar-refractivity contribution in [2.75, 3.05) is 26.2 Å². The molecule has 4 atom stereocenters. The number of amides is 3. The van der Waals surface area contributed by atoms with Crippen molar-refractivity contribution in [1.82, 2.24) is 21.3 Å². The van der Waals surface area contributed by atoms with E-state index in [-0.39, 0.29) is 30.2 Å². The highest BCUT2D eigenvalue weighted by Gasteiger charge is 2.31. The Kier molecular flexibility index (Phi) is 12.2. The summed E-state index contributed by atoms with van der Waals surface area (Å²) in [5, 5.41) is 11.9. The van der Waals surface area contributed by atoms with Gasteiger partial charge in [-0.15, -0.1) is 0 Å². The number of para-hydroxylation sites is 1. The molecule has 0 bridgehead atoms. The summed E-state index contributed by atoms with van der Waals surface area (Å²) in [6.07, 6.45) is 1.09. The van der Waals surface area contributed by atoms with Gasteiger partial charge in [0.15, 0.2) is 5.96 Å². The topological polar surface area (TPSA) is 173 Å². The third-order valence-electron chi connectivity index (χ3n) is 7.09. The Morgan fingerprint density at radius 3 is 2.48 bits per heavy atom. The molecule has 0 saturated carbocycles. The molecule has 0 spiro atoms. The second-order valence-electron chi connectivity index (χ2n) is 11.3. The predicted molar refractivity (Wildman–Crippen MR) is 164 cm³/mol. The molecule has 3 rings (SSSR count). The highest BCUT2D eigenvalue weighted by Crippen LogP contribution is 2.21. The molecule has 1 aliphatic rings. The van der Waals surface area contributed by atoms with Crippen molar-refractivity contribution in [3.63, 3.8) is 0 Å². The minimum atomic E-state index is -1.03. The minimum absolute atomic E-state index is 0.0801. The molecule has 0 aliphatic carbocycles. The van der Waals surface area contributed by atoms with Crippen LogP contribution in [-0.2, 0) is 27.2 Å². The first-order chi connectivity index (χ1) is 20.0. The molecule has 228 valence electrons. The average Bonchev–Trinajstić information content (AvgIpc) is 2.94. The van der Waals surface area contributed by atoms with Gasteiger partial charge >= 0.3 is 0 Å². The molecule has 1 heterocycles. The SMILES string of the molecule is Cc1cccc(C[C@H]2NCCOc3ccccc3C[C@@H](C)CNC(=O)[C@H](CN=C(N)N)NC(=O)[C@@H](C(C)C)NC2=O)c1. The highest BCUT2D eigenvalue weighted by molar-refractivity contribution is 5.93. The van der Waals surface area contributed by atoms with E-state index in [1.165, 1.54) is 0 Å². The first-order valence-corrected chi connectivity index (χ1v) is 14.5. The number of carbonyl (C=O) groups is 3. The lowest BCUT2D eigenvalue weighted by Crippen LogP contribution is -2.59. The Bertz CT molecular complexity index is 1250. The summed E-state index contributed by atoms with van der Waals surface area (Å²) < 4.78 is 6.12. The normalized spacial score (nSPS) is 22.8. The number of nitrogens with one attached hydrogen (secondary N) is 4. The fraction of sp³-hybridized carbons (Fsp3) is 0.484. The number of fused-ring (bicyclic) bond motifs is 1. The van der Waals surface area contributed by atoms with Gasteiger partial charge < -0.3 is 37.5 Å². The Balaban J connectivity index is 1.91. The summed E-state index contributed by atoms with van der Waals surface area (Å²) in [5.74, 6) is -0.853. The van der Waals surface area contributed by atoms with E-state index in [2.05, 4.69) is 26.3 Å². The van der Waals surface area contributed by atoms with Gasteiger partial charge in [-0.2, -0.15) is 0 Å². The smallest absolute Gasteiger partial charge is 0.244 e. The average molecular weight is 580 g/mol. The van der Waals surface area contributed by atoms with Gasteiger partial charge in [0.25, 0.3) is 0 Å². The number of nitrogens with zero attached hydrogens (tertiary/aromatic N) is 1. The van der Waals surface area contributed by atoms with Crippen LogP contribution in [0, 0.1) is 18.8 Å². The quantitative estimate of drug-likeness (QED) is 0.224. The van der Waals surface area contributed by atoms with E-state index in [0.717, 1.165) is 22.4 Å². The number of hydrogen-bond donors (Lipinski definition) is 6. The number of hydrogen-bond acceptors (Lipinski definition) is 6. The largest absolute Gasteiger partial charge is 0.492 e. The van der Waals surface area contributed by atoms with E-state index >= 15 is 0 Å². The van der Waals surface area contributed by atoms with Crippen molar-refractivity contribution in [2.45, 2.75) is 58.7 Å². The molecule has 2 aromatic carbocycles. The van der Waals surface area contributed by atoms with E-state index < -0.39 is 29.9 Å². The second-order valence-corrected chi connectivity index (χ2v) is 11.3. The van der Waals surface area contributed by atoms with Crippen molar-refractivity contribution in [1.29, 1.82) is 0 Å². The summed E-state index contributed by atoms with van der Waals surface area (Å²) in [5.41, 5.74) is 14.1. The molecule has 2 aromatic rings. The minimum Gasteiger partial charge on any atom is -0.492 e. The van der Waals surface area contributed by atoms with Gasteiger partial charge in [-0.05, 0) is 48.8 Å². The zero-order valence-electron chi connectivity index (χ0n) is 25.0. The van der Waals surface area contributed by atoms with Gasteiger partial charge in [0.2, 0.25) is 17.7 Å². The number of rotatable bonds is 5. The van der Waals surface area contributed by atoms with Crippen LogP contribution < -0.4 is 37.5 Å². The maximum absolute atomic E-state index is 13.6. The lowest BCUT2D eigenvalue weighted by atomic mass is 9.99. The summed E-state index contributed by atoms with van der Waals surface area (Å²) in [6.45, 7) is 8.69. The lowest BCUT2D eigenvalue weighted by Gasteiger charge is -2.27. The number of guanidine groups is 1. The fourth-order valence-corrected chi connectivity index (χ4v) is 4.83. The zero-order valence-corrected chi connectivity index (χ0v) is 25.0. The molecule has 1 aliphatic heterocycles. The van der Waals surface area contributed by atoms with Crippen LogP contribution in [0.25, 0.3) is 0 Å². The molecule has 0 aromatic heterocycles. The highest BCUT2D eigenvalue weighted by atomic mass is 16.5. The van der Waals surface area contributed by atoms with Gasteiger partial charge in [0, 0.05) is 13.1 Å². The first kappa shape index (κ1) is 32.4. The molecule has 0 radical (unpaired) electrons. The molecule has 0 saturated heterocycles. The zero-order chi connectivity index (χ0) is 30.6. The van der Waals surface area contributed by atoms with Crippen LogP contribution in [0.5, 0.6) is 5.75 Å². The van der Waals surface area contributed by atoms with Gasteiger partial charge in [0.05, 0.1) is 12.6 Å². The van der Waals surface area contributed by atoms with Crippen LogP contribution in [0.15, 0.2) is 53.5 Å². The maximum Gasteiger partial charge on any atom is 0.244 e. The first-order valence-electron chi connectivity index (χ1n) is 14.5. The lowest BCUT2D eigenvalue weighted by molar-refractivity contribution is -0.133. The van der Waals surface area contributed by atoms with Gasteiger partial charge in [-0.25, -0.2) is 0 Å². The van der Waals surface area contributed by atoms with E-state index in [1.807, 2.05) is 76.2 Å². The molecular formula is C31H45N7O4. The predicted octanol–water partition coefficient (Wildman–Crippen LogP) is 0.782. The van der Waals surface area contributed by atoms with E-state index in [1.54, 1.807) is 0 Å². The number of benzene rings is 2. The number of ether oxygens (including phenoxy) is 1. The molecule has 3 amide bonds. The summed E-state index contributed by atoms with van der Waals surface area (Å²) in [6, 6.07) is 13.2. The van der Waals surface area contributed by atoms with Crippen LogP contribution in [-0.4, -0.2) is 68.0 Å². The Morgan fingerprint density at radius 2 is 1.76 bits per heavy atom. The van der Waals surface area contributed by atoms with Gasteiger partial charge in [-0.1, -0.05) is 68.8 Å². The molecule has 0 fully saturated rings. The number of aliphatic imine (C=N–C) groups is 1. The Hall–Kier alpha value is -4.12. The van der Waals surface area contributed by atoms with Crippen molar-refractivity contribution in [2.24, 2.45) is 28.3 Å². The molecule has 11 heteroatoms. The summed E-state index contributed by atoms with van der Waals surface area (Å²) in [7, 11) is 0. The fourth-order valence-electron chi connectivity index (χ4n) is 4.83. The van der Waals surface area contributed by atoms with Crippen molar-refractivity contribution >= 4 is 23.7 Å². The van der Waals surface area contributed by atoms with Crippen LogP contribution in [0.2, 0.25) is 0 Å². The molecule has 8 N–H and O–H groups in total. The third kappa shape index (κ3) is 10.1. The van der Waals surface area contributed by atoms with Crippen LogP contribution in [0.1, 0.15) is 37.5 Å². The Morgan fingerprint density at radius 1 is 1.00 bits per heavy atom. The third-order valence-corrected chi connectivity index (χ3v) is 7.09. The standard InChI is InChI=1S/C31H45N7O4/c1-19(2)27-30(41)37-25(18-36-31(32)33)28(39)35-17-21(4)15-23-10-5-6-11-26(23)42-13-12-34-24(29(40)38-27)16-22-9-7-8-20(3)14-22/h5-11,14,19,21,24-25,27,34H,12-13,15-18H2,1-4H3,(H,35,39)(H,37,41)(H,38,40)(H4,32,33,36)/t21-,24-,25+,27-/m1/s1. The van der Waals surface area contributed by atoms with Crippen molar-refractivity contribution in [3.05, 3.63) is 65.2 Å². The van der Waals surface area contributed by atoms with Crippen molar-refractivity contribution < 1.29 is 19.1 Å². The Labute approximate surface area is 248 Å². The van der Waals surface area contributed by atoms with Crippen LogP contribution in [0.4, 0.5) is 0 Å². The van der Waals surface area contributed by atoms with Crippen LogP contribution >= 0.6 is 0 Å². The van der Waals surface area contributed by atoms with E-state index in [0.29, 0.717) is 32.5 Å². The number of aryl methyl sites for hydroxylation is 1. The van der Waals surface area contributed by atoms with E-state index in [9.17, 15) is 14.4 Å². The molecule has 42 heavy (non-hydrogen) atoms. The van der Waals surface area contributed by atoms with Crippen molar-refractivity contribution in [3.8, 4) is 5.75 Å².